The summed E-state index contributed by atoms with van der Waals surface area (Å²) in [6.45, 7) is 4.44. The molecule has 2 aliphatic carbocycles. The van der Waals surface area contributed by atoms with E-state index in [0.29, 0.717) is 0 Å². The van der Waals surface area contributed by atoms with E-state index in [1.807, 2.05) is 0 Å². The molecule has 26 heavy (non-hydrogen) atoms. The van der Waals surface area contributed by atoms with Crippen molar-refractivity contribution in [3.05, 3.63) is 94.1 Å². The van der Waals surface area contributed by atoms with Gasteiger partial charge in [-0.05, 0) is 71.2 Å². The Morgan fingerprint density at radius 3 is 1.38 bits per heavy atom. The lowest BCUT2D eigenvalue weighted by Crippen LogP contribution is -1.89. The van der Waals surface area contributed by atoms with Gasteiger partial charge in [-0.25, -0.2) is 0 Å². The molecule has 0 nitrogen and oxygen atoms in total. The number of fused-ring (bicyclic) bond motifs is 2. The van der Waals surface area contributed by atoms with Gasteiger partial charge in [0.05, 0.1) is 0 Å². The van der Waals surface area contributed by atoms with E-state index < -0.39 is 0 Å². The van der Waals surface area contributed by atoms with Gasteiger partial charge in [-0.3, -0.25) is 0 Å². The predicted molar refractivity (Wildman–Crippen MR) is 112 cm³/mol. The molecule has 0 heteroatoms. The molecule has 0 amide bonds. The predicted octanol–water partition coefficient (Wildman–Crippen LogP) is 6.94. The van der Waals surface area contributed by atoms with Crippen molar-refractivity contribution < 1.29 is 0 Å². The minimum atomic E-state index is 1.09. The fourth-order valence-corrected chi connectivity index (χ4v) is 4.40. The summed E-state index contributed by atoms with van der Waals surface area (Å²) in [5.41, 5.74) is 13.9. The average Bonchev–Trinajstić information content (AvgIpc) is 3.22. The summed E-state index contributed by atoms with van der Waals surface area (Å²) in [6.07, 6.45) is 6.86. The van der Waals surface area contributed by atoms with Gasteiger partial charge in [-0.2, -0.15) is 0 Å². The number of hydrogen-bond donors (Lipinski definition) is 0. The summed E-state index contributed by atoms with van der Waals surface area (Å²) >= 11 is 0. The van der Waals surface area contributed by atoms with Crippen LogP contribution in [0.25, 0.3) is 34.4 Å². The molecule has 0 fully saturated rings. The first kappa shape index (κ1) is 15.4. The Hall–Kier alpha value is -2.86. The Morgan fingerprint density at radius 1 is 0.538 bits per heavy atom. The van der Waals surface area contributed by atoms with Crippen molar-refractivity contribution in [3.8, 4) is 22.3 Å². The Labute approximate surface area is 155 Å². The average molecular weight is 334 g/mol. The first-order chi connectivity index (χ1) is 12.7. The molecule has 0 aromatic heterocycles. The van der Waals surface area contributed by atoms with E-state index in [1.54, 1.807) is 0 Å². The van der Waals surface area contributed by atoms with Crippen molar-refractivity contribution in [3.63, 3.8) is 0 Å². The van der Waals surface area contributed by atoms with Crippen molar-refractivity contribution in [2.75, 3.05) is 0 Å². The fourth-order valence-electron chi connectivity index (χ4n) is 4.40. The first-order valence-corrected chi connectivity index (χ1v) is 9.38. The zero-order chi connectivity index (χ0) is 17.7. The van der Waals surface area contributed by atoms with Crippen LogP contribution in [0.5, 0.6) is 0 Å². The largest absolute Gasteiger partial charge is 0.0683 e. The minimum absolute atomic E-state index is 1.09. The topological polar surface area (TPSA) is 0 Å². The molecule has 0 aliphatic heterocycles. The standard InChI is InChI=1S/C26H22/c1-17-13-21-5-3-7-23(25(21)15-17)19-9-11-20(12-10-19)24-8-4-6-22-14-18(2)16-26(22)24/h3-12,15-16H,13-14H2,1-2H3. The fraction of sp³-hybridized carbons (Fsp3) is 0.154. The summed E-state index contributed by atoms with van der Waals surface area (Å²) in [5.74, 6) is 0. The third kappa shape index (κ3) is 2.45. The maximum atomic E-state index is 2.34. The Morgan fingerprint density at radius 2 is 0.962 bits per heavy atom. The van der Waals surface area contributed by atoms with Crippen LogP contribution in [0.2, 0.25) is 0 Å². The molecule has 0 bridgehead atoms. The maximum Gasteiger partial charge on any atom is -0.00604 e. The second-order valence-electron chi connectivity index (χ2n) is 7.67. The van der Waals surface area contributed by atoms with Crippen molar-refractivity contribution in [1.82, 2.24) is 0 Å². The molecule has 3 aromatic rings. The molecule has 0 atom stereocenters. The molecule has 5 rings (SSSR count). The second kappa shape index (κ2) is 5.85. The number of rotatable bonds is 2. The van der Waals surface area contributed by atoms with E-state index in [1.165, 1.54) is 55.7 Å². The molecule has 0 unspecified atom stereocenters. The van der Waals surface area contributed by atoms with Crippen LogP contribution in [-0.4, -0.2) is 0 Å². The molecule has 0 spiro atoms. The normalized spacial score (nSPS) is 14.7. The van der Waals surface area contributed by atoms with E-state index in [2.05, 4.69) is 86.7 Å². The highest BCUT2D eigenvalue weighted by Gasteiger charge is 2.16. The highest BCUT2D eigenvalue weighted by molar-refractivity contribution is 5.84. The zero-order valence-corrected chi connectivity index (χ0v) is 15.3. The van der Waals surface area contributed by atoms with Crippen molar-refractivity contribution in [2.24, 2.45) is 0 Å². The SMILES string of the molecule is CC1=Cc2c(cccc2-c2ccc(-c3cccc4c3C=C(C)C4)cc2)C1. The smallest absolute Gasteiger partial charge is 0.00604 e. The van der Waals surface area contributed by atoms with Crippen LogP contribution >= 0.6 is 0 Å². The third-order valence-corrected chi connectivity index (χ3v) is 5.62. The van der Waals surface area contributed by atoms with E-state index in [4.69, 9.17) is 0 Å². The van der Waals surface area contributed by atoms with Crippen LogP contribution in [0, 0.1) is 0 Å². The van der Waals surface area contributed by atoms with Gasteiger partial charge in [-0.1, -0.05) is 84.0 Å². The van der Waals surface area contributed by atoms with Gasteiger partial charge in [-0.15, -0.1) is 0 Å². The molecule has 0 saturated carbocycles. The molecule has 0 radical (unpaired) electrons. The lowest BCUT2D eigenvalue weighted by atomic mass is 9.93. The van der Waals surface area contributed by atoms with Crippen LogP contribution in [-0.2, 0) is 12.8 Å². The lowest BCUT2D eigenvalue weighted by molar-refractivity contribution is 1.19. The Balaban J connectivity index is 1.57. The third-order valence-electron chi connectivity index (χ3n) is 5.62. The molecular weight excluding hydrogens is 312 g/mol. The summed E-state index contributed by atoms with van der Waals surface area (Å²) in [5, 5.41) is 0. The van der Waals surface area contributed by atoms with Crippen LogP contribution in [0.4, 0.5) is 0 Å². The molecular formula is C26H22. The van der Waals surface area contributed by atoms with Crippen LogP contribution in [0.1, 0.15) is 36.1 Å². The van der Waals surface area contributed by atoms with Crippen LogP contribution in [0.15, 0.2) is 71.8 Å². The highest BCUT2D eigenvalue weighted by atomic mass is 14.2. The number of allylic oxidation sites excluding steroid dienone is 2. The maximum absolute atomic E-state index is 2.34. The molecule has 2 aliphatic rings. The molecule has 0 heterocycles. The Kier molecular flexibility index (Phi) is 3.46. The second-order valence-corrected chi connectivity index (χ2v) is 7.67. The highest BCUT2D eigenvalue weighted by Crippen LogP contribution is 2.37. The zero-order valence-electron chi connectivity index (χ0n) is 15.3. The van der Waals surface area contributed by atoms with E-state index in [9.17, 15) is 0 Å². The van der Waals surface area contributed by atoms with Crippen molar-refractivity contribution in [2.45, 2.75) is 26.7 Å². The molecule has 0 saturated heterocycles. The van der Waals surface area contributed by atoms with Gasteiger partial charge >= 0.3 is 0 Å². The van der Waals surface area contributed by atoms with Gasteiger partial charge in [0.2, 0.25) is 0 Å². The molecule has 0 N–H and O–H groups in total. The van der Waals surface area contributed by atoms with Gasteiger partial charge in [0.1, 0.15) is 0 Å². The molecule has 3 aromatic carbocycles. The van der Waals surface area contributed by atoms with Gasteiger partial charge in [0, 0.05) is 0 Å². The van der Waals surface area contributed by atoms with Gasteiger partial charge in [0.25, 0.3) is 0 Å². The minimum Gasteiger partial charge on any atom is -0.0683 e. The van der Waals surface area contributed by atoms with E-state index in [0.717, 1.165) is 12.8 Å². The Bertz CT molecular complexity index is 987. The van der Waals surface area contributed by atoms with E-state index >= 15 is 0 Å². The monoisotopic (exact) mass is 334 g/mol. The van der Waals surface area contributed by atoms with Crippen molar-refractivity contribution in [1.29, 1.82) is 0 Å². The summed E-state index contributed by atoms with van der Waals surface area (Å²) in [7, 11) is 0. The van der Waals surface area contributed by atoms with Gasteiger partial charge in [0.15, 0.2) is 0 Å². The van der Waals surface area contributed by atoms with E-state index in [-0.39, 0.29) is 0 Å². The number of hydrogen-bond acceptors (Lipinski definition) is 0. The summed E-state index contributed by atoms with van der Waals surface area (Å²) in [6, 6.07) is 22.5. The quantitative estimate of drug-likeness (QED) is 0.476. The summed E-state index contributed by atoms with van der Waals surface area (Å²) in [4.78, 5) is 0. The van der Waals surface area contributed by atoms with Crippen LogP contribution < -0.4 is 0 Å². The number of benzene rings is 3. The lowest BCUT2D eigenvalue weighted by Gasteiger charge is -2.11. The first-order valence-electron chi connectivity index (χ1n) is 9.38. The molecule has 126 valence electrons. The summed E-state index contributed by atoms with van der Waals surface area (Å²) < 4.78 is 0. The van der Waals surface area contributed by atoms with Crippen molar-refractivity contribution >= 4 is 12.2 Å². The van der Waals surface area contributed by atoms with Crippen LogP contribution in [0.3, 0.4) is 0 Å². The van der Waals surface area contributed by atoms with Gasteiger partial charge < -0.3 is 0 Å².